The zero-order valence-electron chi connectivity index (χ0n) is 15.7. The summed E-state index contributed by atoms with van der Waals surface area (Å²) < 4.78 is 0. The van der Waals surface area contributed by atoms with Crippen molar-refractivity contribution in [1.82, 2.24) is 24.8 Å². The number of imidazole rings is 1. The minimum Gasteiger partial charge on any atom is -0.355 e. The number of likely N-dealkylation sites (tertiary alicyclic amines) is 1. The van der Waals surface area contributed by atoms with Gasteiger partial charge in [-0.25, -0.2) is 15.0 Å². The van der Waals surface area contributed by atoms with Crippen molar-refractivity contribution in [2.75, 3.05) is 25.0 Å². The number of anilines is 1. The highest BCUT2D eigenvalue weighted by atomic mass is 16.2. The van der Waals surface area contributed by atoms with Crippen LogP contribution >= 0.6 is 0 Å². The van der Waals surface area contributed by atoms with Crippen LogP contribution in [0.1, 0.15) is 47.4 Å². The molecule has 1 saturated heterocycles. The number of fused-ring (bicyclic) bond motifs is 1. The zero-order valence-corrected chi connectivity index (χ0v) is 15.7. The Balaban J connectivity index is 1.51. The Morgan fingerprint density at radius 2 is 2.15 bits per heavy atom. The largest absolute Gasteiger partial charge is 0.355 e. The molecule has 2 N–H and O–H groups in total. The number of para-hydroxylation sites is 1. The van der Waals surface area contributed by atoms with E-state index in [1.807, 2.05) is 24.0 Å². The summed E-state index contributed by atoms with van der Waals surface area (Å²) in [7, 11) is 0. The summed E-state index contributed by atoms with van der Waals surface area (Å²) in [6.07, 6.45) is 5.18. The monoisotopic (exact) mass is 364 g/mol. The number of benzene rings is 1. The molecule has 0 radical (unpaired) electrons. The van der Waals surface area contributed by atoms with Gasteiger partial charge in [0.25, 0.3) is 5.91 Å². The number of hydrogen-bond acceptors (Lipinski definition) is 5. The maximum absolute atomic E-state index is 12.9. The van der Waals surface area contributed by atoms with Crippen LogP contribution in [0.25, 0.3) is 11.0 Å². The summed E-state index contributed by atoms with van der Waals surface area (Å²) in [5.74, 6) is 1.71. The van der Waals surface area contributed by atoms with Gasteiger partial charge in [-0.15, -0.1) is 0 Å². The summed E-state index contributed by atoms with van der Waals surface area (Å²) in [5, 5.41) is 3.04. The maximum Gasteiger partial charge on any atom is 0.257 e. The Kier molecular flexibility index (Phi) is 4.75. The molecular weight excluding hydrogens is 340 g/mol. The molecule has 3 aromatic rings. The van der Waals surface area contributed by atoms with E-state index in [-0.39, 0.29) is 11.8 Å². The van der Waals surface area contributed by atoms with Crippen molar-refractivity contribution in [2.45, 2.75) is 32.6 Å². The highest BCUT2D eigenvalue weighted by Crippen LogP contribution is 2.28. The van der Waals surface area contributed by atoms with Gasteiger partial charge in [-0.05, 0) is 38.3 Å². The molecule has 1 aromatic carbocycles. The number of aromatic nitrogens is 4. The number of nitrogens with one attached hydrogen (secondary N) is 2. The lowest BCUT2D eigenvalue weighted by Crippen LogP contribution is -2.39. The van der Waals surface area contributed by atoms with Gasteiger partial charge in [0.15, 0.2) is 0 Å². The summed E-state index contributed by atoms with van der Waals surface area (Å²) >= 11 is 0. The first-order valence-electron chi connectivity index (χ1n) is 9.46. The predicted molar refractivity (Wildman–Crippen MR) is 105 cm³/mol. The fourth-order valence-corrected chi connectivity index (χ4v) is 3.64. The van der Waals surface area contributed by atoms with Crippen molar-refractivity contribution >= 4 is 22.9 Å². The van der Waals surface area contributed by atoms with E-state index in [1.54, 1.807) is 12.4 Å². The minimum absolute atomic E-state index is 0.0185. The molecule has 0 bridgehead atoms. The Morgan fingerprint density at radius 3 is 2.89 bits per heavy atom. The highest BCUT2D eigenvalue weighted by molar-refractivity contribution is 5.93. The molecule has 0 spiro atoms. The lowest BCUT2D eigenvalue weighted by Gasteiger charge is -2.31. The van der Waals surface area contributed by atoms with Crippen molar-refractivity contribution in [3.8, 4) is 0 Å². The van der Waals surface area contributed by atoms with Crippen LogP contribution in [0.4, 0.5) is 5.95 Å². The third-order valence-corrected chi connectivity index (χ3v) is 5.06. The maximum atomic E-state index is 12.9. The number of piperidine rings is 1. The summed E-state index contributed by atoms with van der Waals surface area (Å²) in [4.78, 5) is 31.4. The second-order valence-corrected chi connectivity index (χ2v) is 7.01. The molecule has 0 saturated carbocycles. The first-order valence-corrected chi connectivity index (χ1v) is 9.46. The molecule has 1 atom stereocenters. The van der Waals surface area contributed by atoms with Gasteiger partial charge in [-0.1, -0.05) is 12.1 Å². The molecule has 1 aliphatic heterocycles. The Hall–Kier alpha value is -2.96. The smallest absolute Gasteiger partial charge is 0.257 e. The molecule has 1 fully saturated rings. The van der Waals surface area contributed by atoms with Gasteiger partial charge in [0, 0.05) is 37.9 Å². The fourth-order valence-electron chi connectivity index (χ4n) is 3.64. The summed E-state index contributed by atoms with van der Waals surface area (Å²) in [5.41, 5.74) is 3.76. The number of nitrogens with zero attached hydrogens (tertiary/aromatic N) is 4. The van der Waals surface area contributed by atoms with E-state index in [4.69, 9.17) is 4.98 Å². The molecule has 3 heterocycles. The Labute approximate surface area is 158 Å². The van der Waals surface area contributed by atoms with Crippen LogP contribution in [0.5, 0.6) is 0 Å². The molecule has 7 nitrogen and oxygen atoms in total. The molecule has 0 aliphatic carbocycles. The number of amides is 1. The number of hydrogen-bond donors (Lipinski definition) is 2. The van der Waals surface area contributed by atoms with Crippen molar-refractivity contribution in [3.05, 3.63) is 47.5 Å². The molecule has 2 aromatic heterocycles. The zero-order chi connectivity index (χ0) is 18.8. The molecule has 140 valence electrons. The normalized spacial score (nSPS) is 17.3. The second-order valence-electron chi connectivity index (χ2n) is 7.01. The van der Waals surface area contributed by atoms with E-state index in [2.05, 4.69) is 33.3 Å². The molecular formula is C20H24N6O. The standard InChI is InChI=1S/C20H24N6O/c1-3-21-20-22-10-15(11-23-20)19(27)26-9-5-7-14(12-26)18-24-16-8-4-6-13(2)17(16)25-18/h4,6,8,10-11,14H,3,5,7,9,12H2,1-2H3,(H,24,25)(H,21,22,23)/t14-/m0/s1. The van der Waals surface area contributed by atoms with Gasteiger partial charge in [0.05, 0.1) is 16.6 Å². The van der Waals surface area contributed by atoms with E-state index in [1.165, 1.54) is 0 Å². The average molecular weight is 364 g/mol. The van der Waals surface area contributed by atoms with Gasteiger partial charge < -0.3 is 15.2 Å². The molecule has 27 heavy (non-hydrogen) atoms. The van der Waals surface area contributed by atoms with Crippen molar-refractivity contribution < 1.29 is 4.79 Å². The van der Waals surface area contributed by atoms with Crippen molar-refractivity contribution in [3.63, 3.8) is 0 Å². The lowest BCUT2D eigenvalue weighted by atomic mass is 9.97. The fraction of sp³-hybridized carbons (Fsp3) is 0.400. The molecule has 0 unspecified atom stereocenters. The van der Waals surface area contributed by atoms with Gasteiger partial charge in [-0.3, -0.25) is 4.79 Å². The lowest BCUT2D eigenvalue weighted by molar-refractivity contribution is 0.0704. The van der Waals surface area contributed by atoms with Crippen molar-refractivity contribution in [2.24, 2.45) is 0 Å². The number of aryl methyl sites for hydroxylation is 1. The van der Waals surface area contributed by atoms with E-state index < -0.39 is 0 Å². The summed E-state index contributed by atoms with van der Waals surface area (Å²) in [6.45, 7) is 6.21. The quantitative estimate of drug-likeness (QED) is 0.743. The number of carbonyl (C=O) groups excluding carboxylic acids is 1. The summed E-state index contributed by atoms with van der Waals surface area (Å²) in [6, 6.07) is 6.15. The van der Waals surface area contributed by atoms with Crippen LogP contribution in [-0.4, -0.2) is 50.4 Å². The van der Waals surface area contributed by atoms with Gasteiger partial charge in [-0.2, -0.15) is 0 Å². The van der Waals surface area contributed by atoms with Crippen LogP contribution in [0.15, 0.2) is 30.6 Å². The first kappa shape index (κ1) is 17.5. The average Bonchev–Trinajstić information content (AvgIpc) is 3.14. The van der Waals surface area contributed by atoms with Crippen LogP contribution in [-0.2, 0) is 0 Å². The number of H-pyrrole nitrogens is 1. The number of rotatable bonds is 4. The molecule has 1 amide bonds. The molecule has 1 aliphatic rings. The van der Waals surface area contributed by atoms with E-state index in [0.29, 0.717) is 18.1 Å². The van der Waals surface area contributed by atoms with Crippen LogP contribution in [0, 0.1) is 6.92 Å². The SMILES string of the molecule is CCNc1ncc(C(=O)N2CCC[C@H](c3nc4c(C)cccc4[nH]3)C2)cn1. The Morgan fingerprint density at radius 1 is 1.33 bits per heavy atom. The second kappa shape index (κ2) is 7.34. The van der Waals surface area contributed by atoms with Gasteiger partial charge in [0.1, 0.15) is 5.82 Å². The third kappa shape index (κ3) is 3.49. The van der Waals surface area contributed by atoms with Crippen molar-refractivity contribution in [1.29, 1.82) is 0 Å². The van der Waals surface area contributed by atoms with Gasteiger partial charge >= 0.3 is 0 Å². The Bertz CT molecular complexity index is 949. The number of aromatic amines is 1. The first-order chi connectivity index (χ1) is 13.2. The van der Waals surface area contributed by atoms with E-state index in [9.17, 15) is 4.79 Å². The third-order valence-electron chi connectivity index (χ3n) is 5.06. The van der Waals surface area contributed by atoms with Crippen LogP contribution in [0.3, 0.4) is 0 Å². The van der Waals surface area contributed by atoms with Crippen LogP contribution in [0.2, 0.25) is 0 Å². The topological polar surface area (TPSA) is 86.8 Å². The van der Waals surface area contributed by atoms with E-state index in [0.717, 1.165) is 48.4 Å². The van der Waals surface area contributed by atoms with E-state index >= 15 is 0 Å². The predicted octanol–water partition coefficient (Wildman–Crippen LogP) is 3.11. The highest BCUT2D eigenvalue weighted by Gasteiger charge is 2.27. The number of carbonyl (C=O) groups is 1. The van der Waals surface area contributed by atoms with Crippen LogP contribution < -0.4 is 5.32 Å². The molecule has 7 heteroatoms. The molecule has 4 rings (SSSR count). The van der Waals surface area contributed by atoms with Gasteiger partial charge in [0.2, 0.25) is 5.95 Å². The minimum atomic E-state index is -0.0185.